The molecule has 3 aromatic rings. The van der Waals surface area contributed by atoms with Crippen molar-refractivity contribution in [2.75, 3.05) is 49.6 Å². The molecular weight excluding hydrogens is 437 g/mol. The molecule has 0 bridgehead atoms. The number of hydrogen-bond acceptors (Lipinski definition) is 6. The maximum Gasteiger partial charge on any atom is 0.321 e. The molecule has 0 unspecified atom stereocenters. The predicted molar refractivity (Wildman–Crippen MR) is 129 cm³/mol. The second-order valence-corrected chi connectivity index (χ2v) is 7.72. The van der Waals surface area contributed by atoms with E-state index in [4.69, 9.17) is 9.47 Å². The molecule has 1 aromatic heterocycles. The van der Waals surface area contributed by atoms with E-state index in [1.165, 1.54) is 12.1 Å². The predicted octanol–water partition coefficient (Wildman–Crippen LogP) is 4.43. The summed E-state index contributed by atoms with van der Waals surface area (Å²) in [5, 5.41) is 11.5. The van der Waals surface area contributed by atoms with E-state index < -0.39 is 0 Å². The van der Waals surface area contributed by atoms with E-state index in [9.17, 15) is 9.18 Å². The van der Waals surface area contributed by atoms with Crippen LogP contribution in [0.25, 0.3) is 11.3 Å². The van der Waals surface area contributed by atoms with Crippen molar-refractivity contribution in [2.24, 2.45) is 0 Å². The van der Waals surface area contributed by atoms with Gasteiger partial charge in [0.1, 0.15) is 5.82 Å². The number of rotatable bonds is 7. The number of piperazine rings is 1. The molecule has 0 spiro atoms. The summed E-state index contributed by atoms with van der Waals surface area (Å²) in [5.41, 5.74) is 2.15. The highest BCUT2D eigenvalue weighted by Crippen LogP contribution is 2.31. The van der Waals surface area contributed by atoms with Crippen molar-refractivity contribution in [3.8, 4) is 22.8 Å². The maximum atomic E-state index is 13.1. The van der Waals surface area contributed by atoms with Crippen LogP contribution in [0.3, 0.4) is 0 Å². The summed E-state index contributed by atoms with van der Waals surface area (Å²) in [5.74, 6) is 1.73. The molecule has 1 N–H and O–H groups in total. The molecule has 0 radical (unpaired) electrons. The summed E-state index contributed by atoms with van der Waals surface area (Å²) in [7, 11) is 0. The van der Waals surface area contributed by atoms with Gasteiger partial charge in [-0.1, -0.05) is 0 Å². The molecule has 2 heterocycles. The van der Waals surface area contributed by atoms with Crippen molar-refractivity contribution in [3.63, 3.8) is 0 Å². The lowest BCUT2D eigenvalue weighted by atomic mass is 10.1. The van der Waals surface area contributed by atoms with Crippen LogP contribution in [-0.4, -0.2) is 60.5 Å². The first kappa shape index (κ1) is 23.3. The number of aromatic nitrogens is 2. The Morgan fingerprint density at radius 3 is 2.26 bits per heavy atom. The molecule has 1 fully saturated rings. The van der Waals surface area contributed by atoms with E-state index >= 15 is 0 Å². The molecule has 1 aliphatic rings. The van der Waals surface area contributed by atoms with Crippen LogP contribution >= 0.6 is 0 Å². The van der Waals surface area contributed by atoms with Gasteiger partial charge in [-0.15, -0.1) is 10.2 Å². The molecule has 0 atom stereocenters. The van der Waals surface area contributed by atoms with E-state index in [0.29, 0.717) is 62.3 Å². The second kappa shape index (κ2) is 10.8. The summed E-state index contributed by atoms with van der Waals surface area (Å²) in [6.07, 6.45) is 0. The number of carbonyl (C=O) groups excluding carboxylic acids is 1. The lowest BCUT2D eigenvalue weighted by molar-refractivity contribution is 0.208. The average Bonchev–Trinajstić information content (AvgIpc) is 2.86. The summed E-state index contributed by atoms with van der Waals surface area (Å²) in [6, 6.07) is 15.2. The quantitative estimate of drug-likeness (QED) is 0.556. The van der Waals surface area contributed by atoms with Crippen molar-refractivity contribution in [1.82, 2.24) is 15.1 Å². The Morgan fingerprint density at radius 1 is 0.912 bits per heavy atom. The van der Waals surface area contributed by atoms with Gasteiger partial charge >= 0.3 is 6.03 Å². The van der Waals surface area contributed by atoms with Gasteiger partial charge in [-0.3, -0.25) is 0 Å². The minimum absolute atomic E-state index is 0.163. The number of ether oxygens (including phenoxy) is 2. The van der Waals surface area contributed by atoms with Gasteiger partial charge in [0.05, 0.1) is 18.9 Å². The van der Waals surface area contributed by atoms with Crippen molar-refractivity contribution in [2.45, 2.75) is 13.8 Å². The highest BCUT2D eigenvalue weighted by atomic mass is 19.1. The van der Waals surface area contributed by atoms with Gasteiger partial charge in [0, 0.05) is 43.5 Å². The number of nitrogens with one attached hydrogen (secondary N) is 1. The minimum Gasteiger partial charge on any atom is -0.490 e. The van der Waals surface area contributed by atoms with Crippen molar-refractivity contribution in [1.29, 1.82) is 0 Å². The molecular formula is C25H28FN5O3. The largest absolute Gasteiger partial charge is 0.490 e. The van der Waals surface area contributed by atoms with Gasteiger partial charge in [-0.25, -0.2) is 9.18 Å². The number of nitrogens with zero attached hydrogens (tertiary/aromatic N) is 4. The van der Waals surface area contributed by atoms with Crippen LogP contribution < -0.4 is 19.7 Å². The van der Waals surface area contributed by atoms with Gasteiger partial charge in [-0.2, -0.15) is 0 Å². The van der Waals surface area contributed by atoms with Crippen LogP contribution in [0.5, 0.6) is 11.5 Å². The molecule has 4 rings (SSSR count). The van der Waals surface area contributed by atoms with Gasteiger partial charge in [0.15, 0.2) is 17.3 Å². The SMILES string of the molecule is CCOc1ccc(NC(=O)N2CCN(c3ccc(-c4ccc(F)cc4)nn3)CC2)cc1OCC. The topological polar surface area (TPSA) is 79.8 Å². The van der Waals surface area contributed by atoms with E-state index in [-0.39, 0.29) is 11.8 Å². The Balaban J connectivity index is 1.33. The van der Waals surface area contributed by atoms with Crippen LogP contribution in [0.4, 0.5) is 20.7 Å². The normalized spacial score (nSPS) is 13.5. The zero-order valence-corrected chi connectivity index (χ0v) is 19.3. The third-order valence-electron chi connectivity index (χ3n) is 5.48. The van der Waals surface area contributed by atoms with Crippen molar-refractivity contribution in [3.05, 3.63) is 60.4 Å². The molecule has 1 saturated heterocycles. The van der Waals surface area contributed by atoms with Crippen molar-refractivity contribution < 1.29 is 18.7 Å². The lowest BCUT2D eigenvalue weighted by Crippen LogP contribution is -2.50. The number of anilines is 2. The Bertz CT molecular complexity index is 1100. The van der Waals surface area contributed by atoms with Crippen molar-refractivity contribution >= 4 is 17.5 Å². The number of hydrogen-bond donors (Lipinski definition) is 1. The Labute approximate surface area is 198 Å². The second-order valence-electron chi connectivity index (χ2n) is 7.72. The highest BCUT2D eigenvalue weighted by molar-refractivity contribution is 5.90. The molecule has 34 heavy (non-hydrogen) atoms. The number of amides is 2. The fourth-order valence-electron chi connectivity index (χ4n) is 3.74. The fourth-order valence-corrected chi connectivity index (χ4v) is 3.74. The van der Waals surface area contributed by atoms with E-state index in [1.807, 2.05) is 26.0 Å². The summed E-state index contributed by atoms with van der Waals surface area (Å²) in [4.78, 5) is 16.6. The molecule has 8 nitrogen and oxygen atoms in total. The van der Waals surface area contributed by atoms with Crippen LogP contribution in [0.1, 0.15) is 13.8 Å². The fraction of sp³-hybridized carbons (Fsp3) is 0.320. The molecule has 1 aliphatic heterocycles. The summed E-state index contributed by atoms with van der Waals surface area (Å²) < 4.78 is 24.3. The standard InChI is InChI=1S/C25H28FN5O3/c1-3-33-22-11-9-20(17-23(22)34-4-2)27-25(32)31-15-13-30(14-16-31)24-12-10-21(28-29-24)18-5-7-19(26)8-6-18/h5-12,17H,3-4,13-16H2,1-2H3,(H,27,32). The van der Waals surface area contributed by atoms with Crippen LogP contribution in [0.15, 0.2) is 54.6 Å². The lowest BCUT2D eigenvalue weighted by Gasteiger charge is -2.35. The molecule has 2 amide bonds. The molecule has 9 heteroatoms. The first-order valence-electron chi connectivity index (χ1n) is 11.4. The monoisotopic (exact) mass is 465 g/mol. The molecule has 2 aromatic carbocycles. The Kier molecular flexibility index (Phi) is 7.41. The van der Waals surface area contributed by atoms with Gasteiger partial charge in [-0.05, 0) is 62.4 Å². The summed E-state index contributed by atoms with van der Waals surface area (Å²) >= 11 is 0. The van der Waals surface area contributed by atoms with E-state index in [0.717, 1.165) is 11.4 Å². The Morgan fingerprint density at radius 2 is 1.62 bits per heavy atom. The maximum absolute atomic E-state index is 13.1. The average molecular weight is 466 g/mol. The number of halogens is 1. The zero-order chi connectivity index (χ0) is 23.9. The van der Waals surface area contributed by atoms with Crippen LogP contribution in [-0.2, 0) is 0 Å². The van der Waals surface area contributed by atoms with E-state index in [1.54, 1.807) is 35.2 Å². The molecule has 178 valence electrons. The van der Waals surface area contributed by atoms with Crippen LogP contribution in [0, 0.1) is 5.82 Å². The van der Waals surface area contributed by atoms with Gasteiger partial charge in [0.2, 0.25) is 0 Å². The first-order chi connectivity index (χ1) is 16.6. The van der Waals surface area contributed by atoms with Crippen LogP contribution in [0.2, 0.25) is 0 Å². The van der Waals surface area contributed by atoms with Gasteiger partial charge < -0.3 is 24.6 Å². The smallest absolute Gasteiger partial charge is 0.321 e. The molecule has 0 saturated carbocycles. The number of benzene rings is 2. The third kappa shape index (κ3) is 5.54. The Hall–Kier alpha value is -3.88. The number of urea groups is 1. The highest BCUT2D eigenvalue weighted by Gasteiger charge is 2.22. The van der Waals surface area contributed by atoms with E-state index in [2.05, 4.69) is 20.4 Å². The van der Waals surface area contributed by atoms with Gasteiger partial charge in [0.25, 0.3) is 0 Å². The molecule has 0 aliphatic carbocycles. The zero-order valence-electron chi connectivity index (χ0n) is 19.3. The third-order valence-corrected chi connectivity index (χ3v) is 5.48. The summed E-state index contributed by atoms with van der Waals surface area (Å²) in [6.45, 7) is 7.27. The minimum atomic E-state index is -0.285. The number of carbonyl (C=O) groups is 1. The first-order valence-corrected chi connectivity index (χ1v) is 11.4.